The van der Waals surface area contributed by atoms with Gasteiger partial charge >= 0.3 is 0 Å². The number of anilines is 2. The zero-order valence-electron chi connectivity index (χ0n) is 24.6. The van der Waals surface area contributed by atoms with Crippen LogP contribution in [0.5, 0.6) is 0 Å². The summed E-state index contributed by atoms with van der Waals surface area (Å²) in [6, 6.07) is 53.0. The van der Waals surface area contributed by atoms with E-state index in [0.29, 0.717) is 5.92 Å². The van der Waals surface area contributed by atoms with E-state index in [1.54, 1.807) is 0 Å². The molecule has 0 bridgehead atoms. The quantitative estimate of drug-likeness (QED) is 0.204. The lowest BCUT2D eigenvalue weighted by Gasteiger charge is -2.27. The second-order valence-electron chi connectivity index (χ2n) is 12.1. The van der Waals surface area contributed by atoms with Gasteiger partial charge in [0.2, 0.25) is 0 Å². The predicted molar refractivity (Wildman–Crippen MR) is 189 cm³/mol. The molecule has 0 saturated carbocycles. The van der Waals surface area contributed by atoms with Gasteiger partial charge in [0.15, 0.2) is 0 Å². The lowest BCUT2D eigenvalue weighted by Crippen LogP contribution is -2.16. The Morgan fingerprint density at radius 1 is 0.467 bits per heavy atom. The van der Waals surface area contributed by atoms with Gasteiger partial charge < -0.3 is 14.0 Å². The molecule has 3 heteroatoms. The standard InChI is InChI=1S/C42H29N3/c1-2-12-28(13-3-1)43-41-26-29(44-37-18-8-4-14-31(37)32-15-5-9-19-38(32)44)22-24-35(41)36-25-23-30(27-42(36)43)45-39-20-10-6-16-33(39)34-17-7-11-21-40(34)45/h1-24,26-27,36H,25H2. The lowest BCUT2D eigenvalue weighted by atomic mass is 9.91. The molecule has 6 aromatic carbocycles. The second kappa shape index (κ2) is 9.35. The van der Waals surface area contributed by atoms with Crippen molar-refractivity contribution < 1.29 is 0 Å². The van der Waals surface area contributed by atoms with Crippen LogP contribution in [0.15, 0.2) is 163 Å². The Labute approximate surface area is 261 Å². The molecule has 2 aliphatic rings. The summed E-state index contributed by atoms with van der Waals surface area (Å²) in [6.45, 7) is 0. The second-order valence-corrected chi connectivity index (χ2v) is 12.1. The maximum atomic E-state index is 2.50. The first-order chi connectivity index (χ1) is 22.3. The van der Waals surface area contributed by atoms with E-state index < -0.39 is 0 Å². The van der Waals surface area contributed by atoms with Gasteiger partial charge in [-0.1, -0.05) is 103 Å². The van der Waals surface area contributed by atoms with Gasteiger partial charge in [-0.15, -0.1) is 0 Å². The molecular weight excluding hydrogens is 546 g/mol. The Morgan fingerprint density at radius 2 is 0.978 bits per heavy atom. The Hall–Kier alpha value is -5.80. The van der Waals surface area contributed by atoms with Crippen LogP contribution in [0.4, 0.5) is 11.4 Å². The molecule has 2 aromatic heterocycles. The number of fused-ring (bicyclic) bond motifs is 9. The van der Waals surface area contributed by atoms with Gasteiger partial charge in [-0.2, -0.15) is 0 Å². The summed E-state index contributed by atoms with van der Waals surface area (Å²) in [5.41, 5.74) is 12.5. The van der Waals surface area contributed by atoms with E-state index in [2.05, 4.69) is 172 Å². The molecule has 3 heterocycles. The van der Waals surface area contributed by atoms with Gasteiger partial charge in [0.05, 0.1) is 27.8 Å². The number of benzene rings is 6. The lowest BCUT2D eigenvalue weighted by molar-refractivity contribution is 0.816. The number of aromatic nitrogens is 2. The minimum absolute atomic E-state index is 0.296. The fraction of sp³-hybridized carbons (Fsp3) is 0.0476. The van der Waals surface area contributed by atoms with Crippen molar-refractivity contribution in [1.29, 1.82) is 0 Å². The van der Waals surface area contributed by atoms with Crippen molar-refractivity contribution in [2.24, 2.45) is 0 Å². The van der Waals surface area contributed by atoms with E-state index in [0.717, 1.165) is 6.42 Å². The van der Waals surface area contributed by atoms with Crippen LogP contribution in [0.3, 0.4) is 0 Å². The number of allylic oxidation sites excluding steroid dienone is 4. The number of para-hydroxylation sites is 5. The van der Waals surface area contributed by atoms with Gasteiger partial charge in [-0.3, -0.25) is 0 Å². The van der Waals surface area contributed by atoms with Crippen LogP contribution in [-0.2, 0) is 0 Å². The van der Waals surface area contributed by atoms with Crippen molar-refractivity contribution in [3.63, 3.8) is 0 Å². The molecule has 1 aliphatic carbocycles. The Morgan fingerprint density at radius 3 is 1.56 bits per heavy atom. The van der Waals surface area contributed by atoms with E-state index in [-0.39, 0.29) is 0 Å². The van der Waals surface area contributed by atoms with Gasteiger partial charge in [0, 0.05) is 50.2 Å². The van der Waals surface area contributed by atoms with Gasteiger partial charge in [-0.25, -0.2) is 0 Å². The van der Waals surface area contributed by atoms with Crippen LogP contribution in [0, 0.1) is 0 Å². The summed E-state index contributed by atoms with van der Waals surface area (Å²) in [5, 5.41) is 5.15. The third kappa shape index (κ3) is 3.46. The SMILES string of the molecule is C1=C2C(CC=C1n1c3ccccc3c3ccccc31)c1ccc(-n3c4ccccc4c4ccccc43)cc1N2c1ccccc1. The number of nitrogens with zero attached hydrogens (tertiary/aromatic N) is 3. The van der Waals surface area contributed by atoms with Crippen molar-refractivity contribution in [3.05, 3.63) is 169 Å². The number of rotatable bonds is 3. The molecular formula is C42H29N3. The predicted octanol–water partition coefficient (Wildman–Crippen LogP) is 11.0. The summed E-state index contributed by atoms with van der Waals surface area (Å²) >= 11 is 0. The Bertz CT molecular complexity index is 2420. The van der Waals surface area contributed by atoms with Crippen LogP contribution < -0.4 is 4.90 Å². The molecule has 0 saturated heterocycles. The summed E-state index contributed by atoms with van der Waals surface area (Å²) in [4.78, 5) is 2.50. The summed E-state index contributed by atoms with van der Waals surface area (Å²) in [7, 11) is 0. The highest BCUT2D eigenvalue weighted by atomic mass is 15.2. The van der Waals surface area contributed by atoms with E-state index in [4.69, 9.17) is 0 Å². The van der Waals surface area contributed by atoms with Crippen LogP contribution in [0.2, 0.25) is 0 Å². The highest BCUT2D eigenvalue weighted by Gasteiger charge is 2.36. The Kier molecular flexibility index (Phi) is 5.11. The minimum Gasteiger partial charge on any atom is -0.313 e. The van der Waals surface area contributed by atoms with Gasteiger partial charge in [0.25, 0.3) is 0 Å². The summed E-state index contributed by atoms with van der Waals surface area (Å²) in [5.74, 6) is 0.296. The molecule has 0 fully saturated rings. The molecule has 8 aromatic rings. The molecule has 212 valence electrons. The Balaban J connectivity index is 1.19. The van der Waals surface area contributed by atoms with Crippen LogP contribution >= 0.6 is 0 Å². The van der Waals surface area contributed by atoms with E-state index >= 15 is 0 Å². The van der Waals surface area contributed by atoms with Crippen molar-refractivity contribution in [3.8, 4) is 5.69 Å². The van der Waals surface area contributed by atoms with Gasteiger partial charge in [0.1, 0.15) is 0 Å². The van der Waals surface area contributed by atoms with Crippen molar-refractivity contribution in [1.82, 2.24) is 9.13 Å². The molecule has 0 spiro atoms. The zero-order valence-corrected chi connectivity index (χ0v) is 24.6. The molecule has 0 N–H and O–H groups in total. The maximum Gasteiger partial charge on any atom is 0.0541 e. The number of hydrogen-bond donors (Lipinski definition) is 0. The molecule has 0 amide bonds. The van der Waals surface area contributed by atoms with E-state index in [1.165, 1.54) is 77.6 Å². The average molecular weight is 576 g/mol. The summed E-state index contributed by atoms with van der Waals surface area (Å²) < 4.78 is 4.87. The van der Waals surface area contributed by atoms with Gasteiger partial charge in [-0.05, 0) is 66.6 Å². The highest BCUT2D eigenvalue weighted by molar-refractivity contribution is 6.11. The van der Waals surface area contributed by atoms with Crippen molar-refractivity contribution in [2.75, 3.05) is 4.90 Å². The first kappa shape index (κ1) is 24.6. The van der Waals surface area contributed by atoms with Crippen LogP contribution in [0.25, 0.3) is 55.0 Å². The monoisotopic (exact) mass is 575 g/mol. The molecule has 10 rings (SSSR count). The van der Waals surface area contributed by atoms with E-state index in [1.807, 2.05) is 0 Å². The van der Waals surface area contributed by atoms with Crippen LogP contribution in [-0.4, -0.2) is 9.13 Å². The molecule has 1 unspecified atom stereocenters. The first-order valence-electron chi connectivity index (χ1n) is 15.7. The first-order valence-corrected chi connectivity index (χ1v) is 15.7. The molecule has 1 aliphatic heterocycles. The molecule has 3 nitrogen and oxygen atoms in total. The zero-order chi connectivity index (χ0) is 29.5. The fourth-order valence-electron chi connectivity index (χ4n) is 7.90. The summed E-state index contributed by atoms with van der Waals surface area (Å²) in [6.07, 6.45) is 5.82. The van der Waals surface area contributed by atoms with Crippen LogP contribution in [0.1, 0.15) is 17.9 Å². The minimum atomic E-state index is 0.296. The maximum absolute atomic E-state index is 2.50. The topological polar surface area (TPSA) is 13.1 Å². The third-order valence-electron chi connectivity index (χ3n) is 9.79. The average Bonchev–Trinajstić information content (AvgIpc) is 3.74. The number of hydrogen-bond acceptors (Lipinski definition) is 1. The van der Waals surface area contributed by atoms with E-state index in [9.17, 15) is 0 Å². The largest absolute Gasteiger partial charge is 0.313 e. The van der Waals surface area contributed by atoms with Crippen molar-refractivity contribution in [2.45, 2.75) is 12.3 Å². The fourth-order valence-corrected chi connectivity index (χ4v) is 7.90. The normalized spacial score (nSPS) is 15.9. The molecule has 1 atom stereocenters. The molecule has 0 radical (unpaired) electrons. The van der Waals surface area contributed by atoms with Crippen molar-refractivity contribution >= 4 is 60.7 Å². The molecule has 45 heavy (non-hydrogen) atoms. The smallest absolute Gasteiger partial charge is 0.0541 e. The highest BCUT2D eigenvalue weighted by Crippen LogP contribution is 2.53. The third-order valence-corrected chi connectivity index (χ3v) is 9.79.